The molecule has 0 aliphatic carbocycles. The summed E-state index contributed by atoms with van der Waals surface area (Å²) in [7, 11) is 1.93. The summed E-state index contributed by atoms with van der Waals surface area (Å²) in [5.74, 6) is 0.121. The van der Waals surface area contributed by atoms with E-state index in [1.807, 2.05) is 16.8 Å². The van der Waals surface area contributed by atoms with E-state index >= 15 is 0 Å². The largest absolute Gasteiger partial charge is 0.340 e. The number of hydrogen-bond acceptors (Lipinski definition) is 3. The second kappa shape index (κ2) is 5.86. The number of piperazine rings is 1. The normalized spacial score (nSPS) is 26.9. The summed E-state index contributed by atoms with van der Waals surface area (Å²) in [4.78, 5) is 16.0. The van der Waals surface area contributed by atoms with E-state index in [1.54, 1.807) is 0 Å². The van der Waals surface area contributed by atoms with Gasteiger partial charge < -0.3 is 4.90 Å². The van der Waals surface area contributed by atoms with E-state index in [1.165, 1.54) is 0 Å². The molecule has 1 heterocycles. The Balaban J connectivity index is 2.69. The average molecular weight is 223 g/mol. The summed E-state index contributed by atoms with van der Waals surface area (Å²) in [5, 5.41) is 8.76. The maximum absolute atomic E-state index is 12.1. The fourth-order valence-corrected chi connectivity index (χ4v) is 2.10. The van der Waals surface area contributed by atoms with Crippen LogP contribution < -0.4 is 0 Å². The quantitative estimate of drug-likeness (QED) is 0.720. The Morgan fingerprint density at radius 3 is 2.81 bits per heavy atom. The van der Waals surface area contributed by atoms with Crippen molar-refractivity contribution in [3.8, 4) is 6.07 Å². The van der Waals surface area contributed by atoms with Crippen molar-refractivity contribution in [1.29, 1.82) is 5.26 Å². The van der Waals surface area contributed by atoms with Gasteiger partial charge in [0.1, 0.15) is 6.04 Å². The second-order valence-electron chi connectivity index (χ2n) is 4.53. The first-order valence-electron chi connectivity index (χ1n) is 5.99. The predicted molar refractivity (Wildman–Crippen MR) is 62.7 cm³/mol. The van der Waals surface area contributed by atoms with Crippen molar-refractivity contribution in [2.24, 2.45) is 0 Å². The lowest BCUT2D eigenvalue weighted by Gasteiger charge is -2.42. The van der Waals surface area contributed by atoms with Crippen molar-refractivity contribution in [2.45, 2.75) is 45.2 Å². The van der Waals surface area contributed by atoms with Crippen molar-refractivity contribution in [3.05, 3.63) is 0 Å². The Morgan fingerprint density at radius 1 is 1.56 bits per heavy atom. The molecular weight excluding hydrogens is 202 g/mol. The fraction of sp³-hybridized carbons (Fsp3) is 0.833. The van der Waals surface area contributed by atoms with Gasteiger partial charge in [-0.25, -0.2) is 0 Å². The van der Waals surface area contributed by atoms with E-state index in [0.717, 1.165) is 25.9 Å². The van der Waals surface area contributed by atoms with Crippen molar-refractivity contribution >= 4 is 5.91 Å². The lowest BCUT2D eigenvalue weighted by Crippen LogP contribution is -2.59. The van der Waals surface area contributed by atoms with Crippen LogP contribution in [0.5, 0.6) is 0 Å². The minimum Gasteiger partial charge on any atom is -0.340 e. The molecule has 0 N–H and O–H groups in total. The van der Waals surface area contributed by atoms with Crippen LogP contribution in [0.4, 0.5) is 0 Å². The molecule has 16 heavy (non-hydrogen) atoms. The number of rotatable bonds is 4. The molecular formula is C12H21N3O. The molecule has 1 fully saturated rings. The van der Waals surface area contributed by atoms with Crippen molar-refractivity contribution in [2.75, 3.05) is 20.1 Å². The third-order valence-corrected chi connectivity index (χ3v) is 3.33. The number of nitrogens with zero attached hydrogens (tertiary/aromatic N) is 3. The highest BCUT2D eigenvalue weighted by atomic mass is 16.2. The van der Waals surface area contributed by atoms with Crippen LogP contribution in [0, 0.1) is 11.3 Å². The van der Waals surface area contributed by atoms with Gasteiger partial charge in [-0.1, -0.05) is 13.3 Å². The molecule has 0 spiro atoms. The van der Waals surface area contributed by atoms with Crippen LogP contribution in [0.15, 0.2) is 0 Å². The van der Waals surface area contributed by atoms with Crippen LogP contribution >= 0.6 is 0 Å². The number of likely N-dealkylation sites (N-methyl/N-ethyl adjacent to an activating group) is 1. The minimum absolute atomic E-state index is 0.121. The molecule has 0 aromatic rings. The summed E-state index contributed by atoms with van der Waals surface area (Å²) >= 11 is 0. The monoisotopic (exact) mass is 223 g/mol. The molecule has 1 amide bonds. The number of unbranched alkanes of at least 4 members (excludes halogenated alkanes) is 1. The number of hydrogen-bond donors (Lipinski definition) is 0. The first kappa shape index (κ1) is 13.0. The van der Waals surface area contributed by atoms with Gasteiger partial charge in [-0.15, -0.1) is 0 Å². The van der Waals surface area contributed by atoms with Crippen LogP contribution in [0.2, 0.25) is 0 Å². The molecule has 0 bridgehead atoms. The van der Waals surface area contributed by atoms with E-state index in [0.29, 0.717) is 12.5 Å². The fourth-order valence-electron chi connectivity index (χ4n) is 2.10. The minimum atomic E-state index is -0.245. The van der Waals surface area contributed by atoms with Gasteiger partial charge in [-0.3, -0.25) is 9.69 Å². The maximum Gasteiger partial charge on any atom is 0.241 e. The third-order valence-electron chi connectivity index (χ3n) is 3.33. The summed E-state index contributed by atoms with van der Waals surface area (Å²) in [6, 6.07) is 2.20. The highest BCUT2D eigenvalue weighted by molar-refractivity contribution is 5.83. The molecule has 4 nitrogen and oxygen atoms in total. The standard InChI is InChI=1S/C12H21N3O/c1-4-5-8-15-9-10(2)14(3)11(6-7-13)12(15)16/h10-11H,4-6,8-9H2,1-3H3. The van der Waals surface area contributed by atoms with Gasteiger partial charge in [-0.05, 0) is 20.4 Å². The van der Waals surface area contributed by atoms with E-state index < -0.39 is 0 Å². The number of amides is 1. The lowest BCUT2D eigenvalue weighted by atomic mass is 10.0. The summed E-state index contributed by atoms with van der Waals surface area (Å²) < 4.78 is 0. The van der Waals surface area contributed by atoms with Gasteiger partial charge in [0.25, 0.3) is 0 Å². The molecule has 1 aliphatic heterocycles. The summed E-state index contributed by atoms with van der Waals surface area (Å²) in [6.45, 7) is 5.85. The molecule has 0 radical (unpaired) electrons. The third kappa shape index (κ3) is 2.73. The Labute approximate surface area is 97.8 Å². The van der Waals surface area contributed by atoms with Gasteiger partial charge in [0.05, 0.1) is 12.5 Å². The van der Waals surface area contributed by atoms with Gasteiger partial charge in [0.2, 0.25) is 5.91 Å². The molecule has 2 unspecified atom stereocenters. The van der Waals surface area contributed by atoms with Crippen LogP contribution in [0.3, 0.4) is 0 Å². The molecule has 1 aliphatic rings. The van der Waals surface area contributed by atoms with Crippen molar-refractivity contribution in [3.63, 3.8) is 0 Å². The molecule has 2 atom stereocenters. The maximum atomic E-state index is 12.1. The zero-order valence-electron chi connectivity index (χ0n) is 10.4. The topological polar surface area (TPSA) is 47.3 Å². The van der Waals surface area contributed by atoms with Crippen molar-refractivity contribution in [1.82, 2.24) is 9.80 Å². The van der Waals surface area contributed by atoms with Crippen LogP contribution in [-0.2, 0) is 4.79 Å². The summed E-state index contributed by atoms with van der Waals surface area (Å²) in [6.07, 6.45) is 2.43. The Hall–Kier alpha value is -1.08. The Kier molecular flexibility index (Phi) is 4.75. The van der Waals surface area contributed by atoms with Crippen molar-refractivity contribution < 1.29 is 4.79 Å². The van der Waals surface area contributed by atoms with Crippen LogP contribution in [-0.4, -0.2) is 47.9 Å². The second-order valence-corrected chi connectivity index (χ2v) is 4.53. The lowest BCUT2D eigenvalue weighted by molar-refractivity contribution is -0.143. The number of carbonyl (C=O) groups excluding carboxylic acids is 1. The Morgan fingerprint density at radius 2 is 2.25 bits per heavy atom. The van der Waals surface area contributed by atoms with E-state index in [-0.39, 0.29) is 11.9 Å². The molecule has 0 aromatic carbocycles. The number of nitriles is 1. The van der Waals surface area contributed by atoms with Crippen LogP contribution in [0.1, 0.15) is 33.1 Å². The molecule has 90 valence electrons. The molecule has 4 heteroatoms. The smallest absolute Gasteiger partial charge is 0.241 e. The number of carbonyl (C=O) groups is 1. The first-order chi connectivity index (χ1) is 7.61. The predicted octanol–water partition coefficient (Wildman–Crippen LogP) is 1.23. The molecule has 0 aromatic heterocycles. The van der Waals surface area contributed by atoms with Gasteiger partial charge >= 0.3 is 0 Å². The summed E-state index contributed by atoms with van der Waals surface area (Å²) in [5.41, 5.74) is 0. The van der Waals surface area contributed by atoms with E-state index in [4.69, 9.17) is 5.26 Å². The molecule has 0 saturated carbocycles. The van der Waals surface area contributed by atoms with E-state index in [9.17, 15) is 4.79 Å². The average Bonchev–Trinajstić information content (AvgIpc) is 2.27. The Bertz CT molecular complexity index is 284. The zero-order valence-corrected chi connectivity index (χ0v) is 10.4. The van der Waals surface area contributed by atoms with Crippen LogP contribution in [0.25, 0.3) is 0 Å². The molecule has 1 rings (SSSR count). The molecule has 1 saturated heterocycles. The van der Waals surface area contributed by atoms with E-state index in [2.05, 4.69) is 19.9 Å². The highest BCUT2D eigenvalue weighted by Gasteiger charge is 2.35. The van der Waals surface area contributed by atoms with Gasteiger partial charge in [0.15, 0.2) is 0 Å². The van der Waals surface area contributed by atoms with Gasteiger partial charge in [-0.2, -0.15) is 5.26 Å². The highest BCUT2D eigenvalue weighted by Crippen LogP contribution is 2.17. The van der Waals surface area contributed by atoms with Gasteiger partial charge in [0, 0.05) is 19.1 Å². The first-order valence-corrected chi connectivity index (χ1v) is 5.99. The zero-order chi connectivity index (χ0) is 12.1. The SMILES string of the molecule is CCCCN1CC(C)N(C)C(CC#N)C1=O.